The van der Waals surface area contributed by atoms with Crippen LogP contribution in [0.2, 0.25) is 0 Å². The molecule has 0 aliphatic heterocycles. The third kappa shape index (κ3) is 2.90. The summed E-state index contributed by atoms with van der Waals surface area (Å²) in [6.45, 7) is 0. The summed E-state index contributed by atoms with van der Waals surface area (Å²) in [7, 11) is 3.97. The average Bonchev–Trinajstić information content (AvgIpc) is 3.57. The van der Waals surface area contributed by atoms with E-state index >= 15 is 0 Å². The van der Waals surface area contributed by atoms with E-state index in [1.165, 1.54) is 0 Å². The molecule has 0 atom stereocenters. The lowest BCUT2D eigenvalue weighted by atomic mass is 10.1. The van der Waals surface area contributed by atoms with Crippen molar-refractivity contribution in [3.8, 4) is 33.9 Å². The minimum Gasteiger partial charge on any atom is -0.472 e. The van der Waals surface area contributed by atoms with Crippen LogP contribution in [0.3, 0.4) is 0 Å². The van der Waals surface area contributed by atoms with E-state index in [-0.39, 0.29) is 0 Å². The third-order valence-corrected chi connectivity index (χ3v) is 5.39. The maximum atomic E-state index is 5.23. The molecule has 2 N–H and O–H groups in total. The van der Waals surface area contributed by atoms with Crippen molar-refractivity contribution in [1.29, 1.82) is 0 Å². The van der Waals surface area contributed by atoms with Crippen LogP contribution in [0.5, 0.6) is 0 Å². The summed E-state index contributed by atoms with van der Waals surface area (Å²) >= 11 is 0. The summed E-state index contributed by atoms with van der Waals surface area (Å²) in [4.78, 5) is 23.7. The molecule has 9 heteroatoms. The highest BCUT2D eigenvalue weighted by Crippen LogP contribution is 2.31. The van der Waals surface area contributed by atoms with E-state index in [1.807, 2.05) is 49.6 Å². The number of imidazole rings is 1. The molecule has 6 aromatic heterocycles. The van der Waals surface area contributed by atoms with Gasteiger partial charge in [-0.15, -0.1) is 0 Å². The van der Waals surface area contributed by atoms with Crippen molar-refractivity contribution in [3.05, 3.63) is 61.6 Å². The molecule has 0 aliphatic carbocycles. The van der Waals surface area contributed by atoms with Gasteiger partial charge in [-0.3, -0.25) is 15.1 Å². The van der Waals surface area contributed by atoms with Crippen LogP contribution >= 0.6 is 0 Å². The number of nitrogens with zero attached hydrogens (tertiary/aromatic N) is 6. The smallest absolute Gasteiger partial charge is 0.161 e. The van der Waals surface area contributed by atoms with Gasteiger partial charge in [0.05, 0.1) is 47.3 Å². The average molecular weight is 422 g/mol. The van der Waals surface area contributed by atoms with Gasteiger partial charge in [0.2, 0.25) is 0 Å². The van der Waals surface area contributed by atoms with E-state index in [0.29, 0.717) is 11.5 Å². The number of rotatable bonds is 4. The van der Waals surface area contributed by atoms with Crippen molar-refractivity contribution in [2.45, 2.75) is 0 Å². The van der Waals surface area contributed by atoms with Gasteiger partial charge < -0.3 is 14.3 Å². The van der Waals surface area contributed by atoms with Gasteiger partial charge in [0.15, 0.2) is 11.5 Å². The Labute approximate surface area is 182 Å². The fourth-order valence-electron chi connectivity index (χ4n) is 3.71. The largest absolute Gasteiger partial charge is 0.472 e. The lowest BCUT2D eigenvalue weighted by molar-refractivity contribution is 0.568. The Kier molecular flexibility index (Phi) is 4.00. The van der Waals surface area contributed by atoms with Crippen LogP contribution in [0.1, 0.15) is 0 Å². The first kappa shape index (κ1) is 18.3. The van der Waals surface area contributed by atoms with Crippen LogP contribution in [-0.2, 0) is 0 Å². The quantitative estimate of drug-likeness (QED) is 0.436. The molecule has 0 fully saturated rings. The van der Waals surface area contributed by atoms with E-state index in [9.17, 15) is 0 Å². The number of aromatic amines is 2. The van der Waals surface area contributed by atoms with Crippen LogP contribution in [0.15, 0.2) is 66.0 Å². The van der Waals surface area contributed by atoms with Gasteiger partial charge in [-0.25, -0.2) is 9.97 Å². The molecule has 0 saturated carbocycles. The third-order valence-electron chi connectivity index (χ3n) is 5.39. The van der Waals surface area contributed by atoms with Crippen LogP contribution in [0, 0.1) is 0 Å². The minimum atomic E-state index is 0.619. The SMILES string of the molecule is CN(C)c1cncc(-c2ccc3[nH]nc(-c4nc5c(-c6ccoc6)cncc5[nH]4)c3n2)c1. The summed E-state index contributed by atoms with van der Waals surface area (Å²) in [6, 6.07) is 7.88. The van der Waals surface area contributed by atoms with Crippen molar-refractivity contribution in [3.63, 3.8) is 0 Å². The van der Waals surface area contributed by atoms with Crippen LogP contribution in [0.25, 0.3) is 56.0 Å². The second kappa shape index (κ2) is 7.02. The molecule has 0 spiro atoms. The number of hydrogen-bond donors (Lipinski definition) is 2. The second-order valence-electron chi connectivity index (χ2n) is 7.67. The van der Waals surface area contributed by atoms with Gasteiger partial charge in [0, 0.05) is 43.2 Å². The Morgan fingerprint density at radius 3 is 2.62 bits per heavy atom. The van der Waals surface area contributed by atoms with E-state index < -0.39 is 0 Å². The van der Waals surface area contributed by atoms with Crippen LogP contribution < -0.4 is 4.90 Å². The number of furan rings is 1. The molecule has 0 amide bonds. The zero-order chi connectivity index (χ0) is 21.7. The molecule has 156 valence electrons. The number of anilines is 1. The van der Waals surface area contributed by atoms with Crippen LogP contribution in [-0.4, -0.2) is 49.2 Å². The summed E-state index contributed by atoms with van der Waals surface area (Å²) in [5, 5.41) is 7.54. The molecule has 0 unspecified atom stereocenters. The maximum Gasteiger partial charge on any atom is 0.161 e. The highest BCUT2D eigenvalue weighted by Gasteiger charge is 2.17. The highest BCUT2D eigenvalue weighted by molar-refractivity contribution is 5.95. The molecule has 6 heterocycles. The predicted molar refractivity (Wildman–Crippen MR) is 122 cm³/mol. The minimum absolute atomic E-state index is 0.619. The summed E-state index contributed by atoms with van der Waals surface area (Å²) in [5.41, 5.74) is 8.38. The monoisotopic (exact) mass is 422 g/mol. The summed E-state index contributed by atoms with van der Waals surface area (Å²) < 4.78 is 5.23. The van der Waals surface area contributed by atoms with E-state index in [0.717, 1.165) is 50.1 Å². The predicted octanol–water partition coefficient (Wildman–Crippen LogP) is 4.28. The highest BCUT2D eigenvalue weighted by atomic mass is 16.3. The lowest BCUT2D eigenvalue weighted by Gasteiger charge is -2.12. The molecule has 9 nitrogen and oxygen atoms in total. The number of nitrogens with one attached hydrogen (secondary N) is 2. The zero-order valence-corrected chi connectivity index (χ0v) is 17.4. The molecule has 0 aliphatic rings. The van der Waals surface area contributed by atoms with E-state index in [4.69, 9.17) is 14.4 Å². The molecule has 0 saturated heterocycles. The maximum absolute atomic E-state index is 5.23. The van der Waals surface area contributed by atoms with Gasteiger partial charge in [0.1, 0.15) is 11.0 Å². The molecule has 0 aromatic carbocycles. The van der Waals surface area contributed by atoms with Crippen LogP contribution in [0.4, 0.5) is 5.69 Å². The summed E-state index contributed by atoms with van der Waals surface area (Å²) in [5.74, 6) is 0.619. The standard InChI is InChI=1S/C23H18N8O/c1-31(2)15-7-14(8-24-9-15)17-3-4-18-21(26-17)22(30-29-18)23-27-19-11-25-10-16(20(19)28-23)13-5-6-32-12-13/h3-12H,1-2H3,(H,27,28)(H,29,30). The Hall–Kier alpha value is -4.53. The van der Waals surface area contributed by atoms with Crippen molar-refractivity contribution < 1.29 is 4.42 Å². The number of fused-ring (bicyclic) bond motifs is 2. The van der Waals surface area contributed by atoms with Crippen molar-refractivity contribution in [2.75, 3.05) is 19.0 Å². The van der Waals surface area contributed by atoms with E-state index in [2.05, 4.69) is 31.2 Å². The number of aromatic nitrogens is 7. The fourth-order valence-corrected chi connectivity index (χ4v) is 3.71. The molecular formula is C23H18N8O. The first-order chi connectivity index (χ1) is 15.7. The Morgan fingerprint density at radius 1 is 0.875 bits per heavy atom. The molecular weight excluding hydrogens is 404 g/mol. The van der Waals surface area contributed by atoms with Gasteiger partial charge >= 0.3 is 0 Å². The van der Waals surface area contributed by atoms with Gasteiger partial charge in [-0.1, -0.05) is 0 Å². The Balaban J connectivity index is 1.49. The topological polar surface area (TPSA) is 112 Å². The fraction of sp³-hybridized carbons (Fsp3) is 0.0870. The Bertz CT molecular complexity index is 1560. The first-order valence-corrected chi connectivity index (χ1v) is 10.0. The Morgan fingerprint density at radius 2 is 1.78 bits per heavy atom. The van der Waals surface area contributed by atoms with Crippen molar-refractivity contribution in [2.24, 2.45) is 0 Å². The number of pyridine rings is 3. The van der Waals surface area contributed by atoms with Crippen molar-refractivity contribution in [1.82, 2.24) is 35.1 Å². The van der Waals surface area contributed by atoms with Crippen molar-refractivity contribution >= 4 is 27.8 Å². The normalized spacial score (nSPS) is 11.4. The van der Waals surface area contributed by atoms with E-state index in [1.54, 1.807) is 24.9 Å². The molecule has 0 radical (unpaired) electrons. The van der Waals surface area contributed by atoms with Gasteiger partial charge in [-0.2, -0.15) is 5.10 Å². The van der Waals surface area contributed by atoms with Gasteiger partial charge in [-0.05, 0) is 24.3 Å². The number of H-pyrrole nitrogens is 2. The zero-order valence-electron chi connectivity index (χ0n) is 17.4. The molecule has 6 aromatic rings. The molecule has 6 rings (SSSR count). The molecule has 0 bridgehead atoms. The first-order valence-electron chi connectivity index (χ1n) is 10.0. The lowest BCUT2D eigenvalue weighted by Crippen LogP contribution is -2.08. The molecule has 32 heavy (non-hydrogen) atoms. The second-order valence-corrected chi connectivity index (χ2v) is 7.67. The van der Waals surface area contributed by atoms with Gasteiger partial charge in [0.25, 0.3) is 0 Å². The summed E-state index contributed by atoms with van der Waals surface area (Å²) in [6.07, 6.45) is 10.5. The number of hydrogen-bond acceptors (Lipinski definition) is 7.